The Bertz CT molecular complexity index is 142. The highest BCUT2D eigenvalue weighted by Gasteiger charge is 2.09. The van der Waals surface area contributed by atoms with E-state index in [1.807, 2.05) is 0 Å². The van der Waals surface area contributed by atoms with Gasteiger partial charge < -0.3 is 0 Å². The Hall–Kier alpha value is -0.490. The summed E-state index contributed by atoms with van der Waals surface area (Å²) in [6, 6.07) is 1.76. The van der Waals surface area contributed by atoms with Gasteiger partial charge in [-0.3, -0.25) is 0 Å². The van der Waals surface area contributed by atoms with E-state index in [4.69, 9.17) is 10.2 Å². The van der Waals surface area contributed by atoms with E-state index in [0.29, 0.717) is 0 Å². The Morgan fingerprint density at radius 3 is 2.25 bits per heavy atom. The van der Waals surface area contributed by atoms with Crippen molar-refractivity contribution in [1.82, 2.24) is 0 Å². The fraction of sp³-hybridized carbons (Fsp3) is 0.857. The van der Waals surface area contributed by atoms with Crippen LogP contribution in [0.1, 0.15) is 33.1 Å². The molecule has 0 bridgehead atoms. The summed E-state index contributed by atoms with van der Waals surface area (Å²) < 4.78 is 13.8. The maximum absolute atomic E-state index is 9.69. The van der Waals surface area contributed by atoms with Crippen LogP contribution in [0.2, 0.25) is 0 Å². The minimum Gasteiger partial charge on any atom is -0.198 e. The van der Waals surface area contributed by atoms with Crippen molar-refractivity contribution < 1.29 is 14.0 Å². The summed E-state index contributed by atoms with van der Waals surface area (Å²) in [4.78, 5) is 7.96. The molecule has 0 aliphatic heterocycles. The van der Waals surface area contributed by atoms with Crippen molar-refractivity contribution in [3.05, 3.63) is 0 Å². The van der Waals surface area contributed by atoms with Crippen LogP contribution < -0.4 is 0 Å². The Morgan fingerprint density at radius 1 is 1.50 bits per heavy atom. The van der Waals surface area contributed by atoms with Crippen LogP contribution in [-0.4, -0.2) is 11.5 Å². The second-order valence-electron chi connectivity index (χ2n) is 1.98. The molecule has 5 heteroatoms. The van der Waals surface area contributed by atoms with E-state index >= 15 is 0 Å². The van der Waals surface area contributed by atoms with Crippen molar-refractivity contribution in [1.29, 1.82) is 5.26 Å². The summed E-state index contributed by atoms with van der Waals surface area (Å²) in [6.07, 6.45) is 2.79. The zero-order valence-electron chi connectivity index (χ0n) is 7.49. The van der Waals surface area contributed by atoms with Crippen LogP contribution in [-0.2, 0) is 9.09 Å². The topological polar surface area (TPSA) is 70.3 Å². The van der Waals surface area contributed by atoms with Gasteiger partial charge in [-0.25, -0.2) is 0 Å². The van der Waals surface area contributed by atoms with Crippen molar-refractivity contribution in [2.24, 2.45) is 0 Å². The molecular formula is C7H15NO3P+. The maximum atomic E-state index is 9.69. The van der Waals surface area contributed by atoms with Gasteiger partial charge in [0.05, 0.1) is 12.5 Å². The van der Waals surface area contributed by atoms with Crippen LogP contribution >= 0.6 is 8.25 Å². The minimum atomic E-state index is -2.51. The van der Waals surface area contributed by atoms with Gasteiger partial charge in [-0.1, -0.05) is 26.7 Å². The molecule has 0 amide bonds. The van der Waals surface area contributed by atoms with Gasteiger partial charge in [-0.05, 0) is 0 Å². The van der Waals surface area contributed by atoms with Crippen LogP contribution in [0.5, 0.6) is 0 Å². The molecule has 1 N–H and O–H groups in total. The van der Waals surface area contributed by atoms with Crippen molar-refractivity contribution in [2.75, 3.05) is 6.61 Å². The average molecular weight is 192 g/mol. The molecule has 70 valence electrons. The first-order chi connectivity index (χ1) is 5.68. The van der Waals surface area contributed by atoms with Crippen molar-refractivity contribution in [3.8, 4) is 6.07 Å². The second kappa shape index (κ2) is 13.1. The molecule has 1 unspecified atom stereocenters. The summed E-state index contributed by atoms with van der Waals surface area (Å²) in [5.74, 6) is 0. The fourth-order valence-electron chi connectivity index (χ4n) is 0.169. The standard InChI is InChI=1S/C4H10.C3H4NO3P/c1-3-4-2;4-2-1-3-7-8(5)6/h3-4H2,1-2H3;1,3H2/p+1. The lowest BCUT2D eigenvalue weighted by atomic mass is 10.4. The maximum Gasteiger partial charge on any atom is 0.694 e. The number of unbranched alkanes of at least 4 members (excludes halogenated alkanes) is 1. The summed E-state index contributed by atoms with van der Waals surface area (Å²) >= 11 is 0. The third-order valence-corrected chi connectivity index (χ3v) is 1.32. The molecule has 12 heavy (non-hydrogen) atoms. The summed E-state index contributed by atoms with van der Waals surface area (Å²) in [6.45, 7) is 4.39. The molecule has 4 nitrogen and oxygen atoms in total. The van der Waals surface area contributed by atoms with Crippen molar-refractivity contribution in [3.63, 3.8) is 0 Å². The van der Waals surface area contributed by atoms with Crippen LogP contribution in [0.3, 0.4) is 0 Å². The highest BCUT2D eigenvalue weighted by molar-refractivity contribution is 7.32. The number of hydrogen-bond donors (Lipinski definition) is 1. The van der Waals surface area contributed by atoms with Gasteiger partial charge in [0, 0.05) is 4.57 Å². The van der Waals surface area contributed by atoms with Gasteiger partial charge in [0.1, 0.15) is 6.61 Å². The first-order valence-corrected chi connectivity index (χ1v) is 4.98. The molecule has 1 atom stereocenters. The summed E-state index contributed by atoms with van der Waals surface area (Å²) in [5, 5.41) is 7.87. The Morgan fingerprint density at radius 2 is 2.00 bits per heavy atom. The van der Waals surface area contributed by atoms with Gasteiger partial charge in [0.15, 0.2) is 0 Å². The van der Waals surface area contributed by atoms with Crippen LogP contribution in [0.25, 0.3) is 0 Å². The van der Waals surface area contributed by atoms with E-state index in [2.05, 4.69) is 18.4 Å². The number of rotatable bonds is 4. The lowest BCUT2D eigenvalue weighted by Crippen LogP contribution is -1.81. The molecule has 0 rings (SSSR count). The quantitative estimate of drug-likeness (QED) is 0.548. The highest BCUT2D eigenvalue weighted by Crippen LogP contribution is 2.13. The lowest BCUT2D eigenvalue weighted by Gasteiger charge is -1.75. The average Bonchev–Trinajstić information content (AvgIpc) is 2.05. The van der Waals surface area contributed by atoms with Crippen molar-refractivity contribution >= 4 is 8.25 Å². The van der Waals surface area contributed by atoms with Gasteiger partial charge >= 0.3 is 8.25 Å². The van der Waals surface area contributed by atoms with Gasteiger partial charge in [0.2, 0.25) is 0 Å². The molecule has 0 aromatic rings. The Labute approximate surface area is 74.1 Å². The normalized spacial score (nSPS) is 9.33. The van der Waals surface area contributed by atoms with E-state index in [1.54, 1.807) is 6.07 Å². The zero-order chi connectivity index (χ0) is 9.82. The predicted octanol–water partition coefficient (Wildman–Crippen LogP) is 2.37. The smallest absolute Gasteiger partial charge is 0.198 e. The number of hydrogen-bond acceptors (Lipinski definition) is 3. The van der Waals surface area contributed by atoms with Gasteiger partial charge in [-0.15, -0.1) is 9.42 Å². The fourth-order valence-corrected chi connectivity index (χ4v) is 0.417. The molecular weight excluding hydrogens is 177 g/mol. The first kappa shape index (κ1) is 14.1. The lowest BCUT2D eigenvalue weighted by molar-refractivity contribution is 0.288. The van der Waals surface area contributed by atoms with Crippen LogP contribution in [0.4, 0.5) is 0 Å². The predicted molar refractivity (Wildman–Crippen MR) is 46.6 cm³/mol. The molecule has 0 aromatic heterocycles. The van der Waals surface area contributed by atoms with E-state index < -0.39 is 8.25 Å². The Balaban J connectivity index is 0. The Kier molecular flexibility index (Phi) is 15.4. The molecule has 0 spiro atoms. The third-order valence-electron chi connectivity index (χ3n) is 0.916. The van der Waals surface area contributed by atoms with Gasteiger partial charge in [0.25, 0.3) is 0 Å². The molecule has 0 radical (unpaired) electrons. The zero-order valence-corrected chi connectivity index (χ0v) is 8.38. The first-order valence-electron chi connectivity index (χ1n) is 3.85. The molecule has 0 aliphatic rings. The molecule has 0 heterocycles. The van der Waals surface area contributed by atoms with E-state index in [-0.39, 0.29) is 13.0 Å². The highest BCUT2D eigenvalue weighted by atomic mass is 31.1. The molecule has 0 saturated heterocycles. The van der Waals surface area contributed by atoms with E-state index in [0.717, 1.165) is 0 Å². The summed E-state index contributed by atoms with van der Waals surface area (Å²) in [7, 11) is -2.51. The van der Waals surface area contributed by atoms with Gasteiger partial charge in [-0.2, -0.15) is 5.26 Å². The van der Waals surface area contributed by atoms with E-state index in [9.17, 15) is 4.57 Å². The van der Waals surface area contributed by atoms with Crippen molar-refractivity contribution in [2.45, 2.75) is 33.1 Å². The second-order valence-corrected chi connectivity index (χ2v) is 2.71. The third kappa shape index (κ3) is 22.7. The van der Waals surface area contributed by atoms with E-state index in [1.165, 1.54) is 12.8 Å². The largest absolute Gasteiger partial charge is 0.694 e. The SMILES string of the molecule is CCCC.N#CCCO[P+](=O)O. The summed E-state index contributed by atoms with van der Waals surface area (Å²) in [5.41, 5.74) is 0. The van der Waals surface area contributed by atoms with Crippen LogP contribution in [0, 0.1) is 11.3 Å². The number of nitrogens with zero attached hydrogens (tertiary/aromatic N) is 1. The number of nitriles is 1. The molecule has 0 saturated carbocycles. The minimum absolute atomic E-state index is 0.0300. The molecule has 0 aliphatic carbocycles. The monoisotopic (exact) mass is 192 g/mol. The molecule has 0 fully saturated rings. The molecule has 0 aromatic carbocycles. The van der Waals surface area contributed by atoms with Crippen LogP contribution in [0.15, 0.2) is 0 Å².